The second kappa shape index (κ2) is 7.83. The first-order valence-corrected chi connectivity index (χ1v) is 8.79. The van der Waals surface area contributed by atoms with Gasteiger partial charge in [-0.2, -0.15) is 0 Å². The lowest BCUT2D eigenvalue weighted by atomic mass is 9.68. The molecule has 0 atom stereocenters. The van der Waals surface area contributed by atoms with Crippen molar-refractivity contribution in [2.45, 2.75) is 44.6 Å². The molecular formula is C19H28ClNO4. The van der Waals surface area contributed by atoms with E-state index in [1.165, 1.54) is 11.1 Å². The molecule has 1 saturated carbocycles. The minimum absolute atomic E-state index is 0. The molecule has 2 aliphatic rings. The number of fused-ring (bicyclic) bond motifs is 2. The van der Waals surface area contributed by atoms with Gasteiger partial charge in [0.25, 0.3) is 0 Å². The summed E-state index contributed by atoms with van der Waals surface area (Å²) in [6.07, 6.45) is 4.24. The Morgan fingerprint density at radius 2 is 1.84 bits per heavy atom. The van der Waals surface area contributed by atoms with Crippen molar-refractivity contribution >= 4 is 18.4 Å². The van der Waals surface area contributed by atoms with Gasteiger partial charge in [0.05, 0.1) is 20.1 Å². The quantitative estimate of drug-likeness (QED) is 0.880. The van der Waals surface area contributed by atoms with E-state index in [1.807, 2.05) is 0 Å². The number of hydrogen-bond acceptors (Lipinski definition) is 4. The van der Waals surface area contributed by atoms with Crippen LogP contribution >= 0.6 is 12.4 Å². The van der Waals surface area contributed by atoms with E-state index in [0.29, 0.717) is 0 Å². The van der Waals surface area contributed by atoms with Crippen molar-refractivity contribution in [2.75, 3.05) is 27.3 Å². The minimum Gasteiger partial charge on any atom is -0.493 e. The normalized spacial score (nSPS) is 25.8. The SMILES string of the molecule is CCN1CCc2cc(OC)c(OC)cc2[C@]12CC[C@H](C(=O)O)CC2.Cl. The second-order valence-corrected chi connectivity index (χ2v) is 6.84. The highest BCUT2D eigenvalue weighted by molar-refractivity contribution is 5.85. The highest BCUT2D eigenvalue weighted by Gasteiger charge is 2.46. The fourth-order valence-electron chi connectivity index (χ4n) is 4.59. The Morgan fingerprint density at radius 3 is 2.36 bits per heavy atom. The molecule has 1 N–H and O–H groups in total. The number of carbonyl (C=O) groups is 1. The molecular weight excluding hydrogens is 342 g/mol. The summed E-state index contributed by atoms with van der Waals surface area (Å²) in [5.41, 5.74) is 2.55. The largest absolute Gasteiger partial charge is 0.493 e. The molecule has 140 valence electrons. The Balaban J connectivity index is 0.00000225. The first-order valence-electron chi connectivity index (χ1n) is 8.79. The van der Waals surface area contributed by atoms with Crippen LogP contribution in [0.4, 0.5) is 0 Å². The molecule has 1 spiro atoms. The van der Waals surface area contributed by atoms with Gasteiger partial charge in [-0.1, -0.05) is 6.92 Å². The average Bonchev–Trinajstić information content (AvgIpc) is 2.61. The molecule has 3 rings (SSSR count). The standard InChI is InChI=1S/C19H27NO4.ClH/c1-4-20-10-7-14-11-16(23-2)17(24-3)12-15(14)19(20)8-5-13(6-9-19)18(21)22;/h11-13H,4-10H2,1-3H3,(H,21,22);1H/t13-,19+;. The van der Waals surface area contributed by atoms with Gasteiger partial charge >= 0.3 is 5.97 Å². The predicted octanol–water partition coefficient (Wildman–Crippen LogP) is 3.47. The van der Waals surface area contributed by atoms with Crippen molar-refractivity contribution in [1.29, 1.82) is 0 Å². The molecule has 1 fully saturated rings. The lowest BCUT2D eigenvalue weighted by Crippen LogP contribution is -2.52. The Morgan fingerprint density at radius 1 is 1.24 bits per heavy atom. The maximum absolute atomic E-state index is 11.4. The number of carboxylic acid groups (broad SMARTS) is 1. The maximum atomic E-state index is 11.4. The molecule has 1 aliphatic carbocycles. The lowest BCUT2D eigenvalue weighted by Gasteiger charge is -2.51. The summed E-state index contributed by atoms with van der Waals surface area (Å²) < 4.78 is 11.0. The smallest absolute Gasteiger partial charge is 0.306 e. The number of rotatable bonds is 4. The van der Waals surface area contributed by atoms with Crippen molar-refractivity contribution in [3.05, 3.63) is 23.3 Å². The predicted molar refractivity (Wildman–Crippen MR) is 99.0 cm³/mol. The van der Waals surface area contributed by atoms with Gasteiger partial charge < -0.3 is 14.6 Å². The summed E-state index contributed by atoms with van der Waals surface area (Å²) >= 11 is 0. The third-order valence-electron chi connectivity index (χ3n) is 5.91. The number of halogens is 1. The van der Waals surface area contributed by atoms with E-state index in [2.05, 4.69) is 24.0 Å². The molecule has 0 amide bonds. The van der Waals surface area contributed by atoms with Crippen LogP contribution in [0.2, 0.25) is 0 Å². The average molecular weight is 370 g/mol. The summed E-state index contributed by atoms with van der Waals surface area (Å²) in [5.74, 6) is 0.667. The van der Waals surface area contributed by atoms with Gasteiger partial charge in [0, 0.05) is 12.1 Å². The van der Waals surface area contributed by atoms with E-state index in [1.54, 1.807) is 14.2 Å². The number of carboxylic acids is 1. The Kier molecular flexibility index (Phi) is 6.22. The number of hydrogen-bond donors (Lipinski definition) is 1. The van der Waals surface area contributed by atoms with Gasteiger partial charge in [-0.15, -0.1) is 12.4 Å². The summed E-state index contributed by atoms with van der Waals surface area (Å²) in [6, 6.07) is 4.23. The Bertz CT molecular complexity index is 626. The van der Waals surface area contributed by atoms with E-state index < -0.39 is 5.97 Å². The van der Waals surface area contributed by atoms with Crippen LogP contribution in [0.25, 0.3) is 0 Å². The number of aliphatic carboxylic acids is 1. The van der Waals surface area contributed by atoms with Crippen LogP contribution in [0.1, 0.15) is 43.7 Å². The fourth-order valence-corrected chi connectivity index (χ4v) is 4.59. The fraction of sp³-hybridized carbons (Fsp3) is 0.632. The van der Waals surface area contributed by atoms with Gasteiger partial charge in [-0.25, -0.2) is 0 Å². The van der Waals surface area contributed by atoms with Crippen LogP contribution in [0.3, 0.4) is 0 Å². The zero-order valence-corrected chi connectivity index (χ0v) is 16.0. The van der Waals surface area contributed by atoms with Crippen LogP contribution in [-0.4, -0.2) is 43.3 Å². The number of ether oxygens (including phenoxy) is 2. The Hall–Kier alpha value is -1.46. The minimum atomic E-state index is -0.656. The maximum Gasteiger partial charge on any atom is 0.306 e. The zero-order valence-electron chi connectivity index (χ0n) is 15.2. The van der Waals surface area contributed by atoms with Crippen LogP contribution < -0.4 is 9.47 Å². The Labute approximate surface area is 155 Å². The van der Waals surface area contributed by atoms with Crippen LogP contribution in [0.5, 0.6) is 11.5 Å². The summed E-state index contributed by atoms with van der Waals surface area (Å²) in [6.45, 7) is 4.18. The molecule has 0 aromatic heterocycles. The van der Waals surface area contributed by atoms with Gasteiger partial charge in [0.1, 0.15) is 0 Å². The topological polar surface area (TPSA) is 59.0 Å². The monoisotopic (exact) mass is 369 g/mol. The molecule has 1 aliphatic heterocycles. The molecule has 0 unspecified atom stereocenters. The molecule has 25 heavy (non-hydrogen) atoms. The van der Waals surface area contributed by atoms with Crippen LogP contribution in [0, 0.1) is 5.92 Å². The van der Waals surface area contributed by atoms with E-state index in [9.17, 15) is 9.90 Å². The van der Waals surface area contributed by atoms with Crippen LogP contribution in [0.15, 0.2) is 12.1 Å². The molecule has 1 heterocycles. The van der Waals surface area contributed by atoms with Crippen molar-refractivity contribution in [1.82, 2.24) is 4.90 Å². The van der Waals surface area contributed by atoms with E-state index in [-0.39, 0.29) is 23.9 Å². The molecule has 1 aromatic rings. The summed E-state index contributed by atoms with van der Waals surface area (Å²) in [4.78, 5) is 13.9. The van der Waals surface area contributed by atoms with Crippen molar-refractivity contribution in [3.63, 3.8) is 0 Å². The van der Waals surface area contributed by atoms with Crippen molar-refractivity contribution in [2.24, 2.45) is 5.92 Å². The highest BCUT2D eigenvalue weighted by Crippen LogP contribution is 2.49. The van der Waals surface area contributed by atoms with E-state index in [0.717, 1.165) is 56.7 Å². The molecule has 5 nitrogen and oxygen atoms in total. The molecule has 0 saturated heterocycles. The van der Waals surface area contributed by atoms with Gasteiger partial charge in [-0.05, 0) is 61.9 Å². The van der Waals surface area contributed by atoms with Gasteiger partial charge in [0.2, 0.25) is 0 Å². The van der Waals surface area contributed by atoms with Crippen LogP contribution in [-0.2, 0) is 16.8 Å². The van der Waals surface area contributed by atoms with Crippen molar-refractivity contribution < 1.29 is 19.4 Å². The van der Waals surface area contributed by atoms with Gasteiger partial charge in [0.15, 0.2) is 11.5 Å². The van der Waals surface area contributed by atoms with Crippen molar-refractivity contribution in [3.8, 4) is 11.5 Å². The summed E-state index contributed by atoms with van der Waals surface area (Å²) in [5, 5.41) is 9.34. The summed E-state index contributed by atoms with van der Waals surface area (Å²) in [7, 11) is 3.33. The molecule has 0 radical (unpaired) electrons. The first kappa shape index (κ1) is 19.9. The highest BCUT2D eigenvalue weighted by atomic mass is 35.5. The zero-order chi connectivity index (χ0) is 17.3. The molecule has 1 aromatic carbocycles. The number of methoxy groups -OCH3 is 2. The molecule has 6 heteroatoms. The number of nitrogens with zero attached hydrogens (tertiary/aromatic N) is 1. The molecule has 0 bridgehead atoms. The van der Waals surface area contributed by atoms with Gasteiger partial charge in [-0.3, -0.25) is 9.69 Å². The third kappa shape index (κ3) is 3.32. The second-order valence-electron chi connectivity index (χ2n) is 6.84. The lowest BCUT2D eigenvalue weighted by molar-refractivity contribution is -0.144. The number of likely N-dealkylation sites (N-methyl/N-ethyl adjacent to an activating group) is 1. The third-order valence-corrected chi connectivity index (χ3v) is 5.91. The first-order chi connectivity index (χ1) is 11.6. The van der Waals surface area contributed by atoms with E-state index in [4.69, 9.17) is 9.47 Å². The van der Waals surface area contributed by atoms with E-state index >= 15 is 0 Å². The number of benzene rings is 1.